The third-order valence-electron chi connectivity index (χ3n) is 7.00. The molecule has 1 N–H and O–H groups in total. The highest BCUT2D eigenvalue weighted by Gasteiger charge is 2.34. The van der Waals surface area contributed by atoms with Crippen molar-refractivity contribution >= 4 is 62.3 Å². The van der Waals surface area contributed by atoms with Gasteiger partial charge in [-0.1, -0.05) is 109 Å². The Morgan fingerprint density at radius 2 is 1.44 bits per heavy atom. The predicted octanol–water partition coefficient (Wildman–Crippen LogP) is 7.25. The average Bonchev–Trinajstić information content (AvgIpc) is 3.02. The summed E-state index contributed by atoms with van der Waals surface area (Å²) >= 11 is 18.8. The Labute approximate surface area is 279 Å². The van der Waals surface area contributed by atoms with Crippen molar-refractivity contribution in [2.75, 3.05) is 17.4 Å². The number of carbonyl (C=O) groups is 2. The van der Waals surface area contributed by atoms with E-state index in [4.69, 9.17) is 34.8 Å². The lowest BCUT2D eigenvalue weighted by Gasteiger charge is -2.34. The van der Waals surface area contributed by atoms with Crippen LogP contribution in [0.1, 0.15) is 25.0 Å². The van der Waals surface area contributed by atoms with Crippen LogP contribution < -0.4 is 9.62 Å². The zero-order valence-corrected chi connectivity index (χ0v) is 28.0. The van der Waals surface area contributed by atoms with Gasteiger partial charge >= 0.3 is 0 Å². The summed E-state index contributed by atoms with van der Waals surface area (Å²) < 4.78 is 29.0. The highest BCUT2D eigenvalue weighted by Crippen LogP contribution is 2.28. The molecule has 4 rings (SSSR count). The molecule has 0 aromatic heterocycles. The van der Waals surface area contributed by atoms with Crippen molar-refractivity contribution in [3.8, 4) is 0 Å². The van der Waals surface area contributed by atoms with Gasteiger partial charge in [-0.25, -0.2) is 8.42 Å². The van der Waals surface area contributed by atoms with Crippen LogP contribution in [-0.4, -0.2) is 44.3 Å². The highest BCUT2D eigenvalue weighted by atomic mass is 35.5. The Kier molecular flexibility index (Phi) is 11.9. The van der Waals surface area contributed by atoms with E-state index in [0.29, 0.717) is 22.2 Å². The van der Waals surface area contributed by atoms with E-state index in [1.54, 1.807) is 54.6 Å². The van der Waals surface area contributed by atoms with E-state index < -0.39 is 28.5 Å². The van der Waals surface area contributed by atoms with Gasteiger partial charge in [-0.3, -0.25) is 13.9 Å². The Balaban J connectivity index is 1.81. The number of hydrogen-bond donors (Lipinski definition) is 1. The van der Waals surface area contributed by atoms with Gasteiger partial charge in [0.2, 0.25) is 11.8 Å². The van der Waals surface area contributed by atoms with Crippen LogP contribution in [0.4, 0.5) is 5.69 Å². The Hall–Kier alpha value is -3.56. The molecule has 0 unspecified atom stereocenters. The fourth-order valence-corrected chi connectivity index (χ4v) is 6.62. The van der Waals surface area contributed by atoms with Crippen LogP contribution in [0.5, 0.6) is 0 Å². The summed E-state index contributed by atoms with van der Waals surface area (Å²) in [6.07, 6.45) is 0.195. The second kappa shape index (κ2) is 15.6. The van der Waals surface area contributed by atoms with Crippen LogP contribution in [0.3, 0.4) is 0 Å². The number of benzene rings is 4. The molecule has 0 aliphatic rings. The van der Waals surface area contributed by atoms with Gasteiger partial charge in [0.15, 0.2) is 0 Å². The fourth-order valence-electron chi connectivity index (χ4n) is 4.69. The first kappa shape index (κ1) is 34.3. The van der Waals surface area contributed by atoms with Crippen LogP contribution in [-0.2, 0) is 32.6 Å². The molecule has 0 radical (unpaired) electrons. The molecule has 0 saturated carbocycles. The lowest BCUT2D eigenvalue weighted by Crippen LogP contribution is -2.53. The number of rotatable bonds is 13. The second-order valence-corrected chi connectivity index (χ2v) is 14.0. The SMILES string of the molecule is CC(C)CNC(=O)[C@@H](Cc1ccccc1)N(Cc1ccc(Cl)c(Cl)c1)C(=O)CN(c1cccc(Cl)c1)S(=O)(=O)c1ccccc1. The van der Waals surface area contributed by atoms with Gasteiger partial charge in [0.1, 0.15) is 12.6 Å². The third-order valence-corrected chi connectivity index (χ3v) is 9.76. The number of carbonyl (C=O) groups excluding carboxylic acids is 2. The van der Waals surface area contributed by atoms with Gasteiger partial charge in [0, 0.05) is 24.5 Å². The van der Waals surface area contributed by atoms with Gasteiger partial charge in [0.05, 0.1) is 20.6 Å². The number of nitrogens with one attached hydrogen (secondary N) is 1. The molecule has 0 aliphatic carbocycles. The van der Waals surface area contributed by atoms with Crippen LogP contribution in [0.2, 0.25) is 15.1 Å². The minimum absolute atomic E-state index is 0.00400. The van der Waals surface area contributed by atoms with Crippen molar-refractivity contribution in [2.24, 2.45) is 5.92 Å². The van der Waals surface area contributed by atoms with Gasteiger partial charge in [0.25, 0.3) is 10.0 Å². The summed E-state index contributed by atoms with van der Waals surface area (Å²) in [6.45, 7) is 3.72. The molecule has 11 heteroatoms. The molecule has 7 nitrogen and oxygen atoms in total. The fraction of sp³-hybridized carbons (Fsp3) is 0.235. The number of nitrogens with zero attached hydrogens (tertiary/aromatic N) is 2. The van der Waals surface area contributed by atoms with E-state index in [-0.39, 0.29) is 40.4 Å². The van der Waals surface area contributed by atoms with Crippen molar-refractivity contribution in [2.45, 2.75) is 37.8 Å². The Morgan fingerprint density at radius 1 is 0.778 bits per heavy atom. The van der Waals surface area contributed by atoms with Crippen LogP contribution in [0.25, 0.3) is 0 Å². The molecule has 0 spiro atoms. The molecule has 4 aromatic carbocycles. The normalized spacial score (nSPS) is 12.0. The molecule has 1 atom stereocenters. The number of hydrogen-bond acceptors (Lipinski definition) is 4. The lowest BCUT2D eigenvalue weighted by atomic mass is 10.0. The molecule has 45 heavy (non-hydrogen) atoms. The topological polar surface area (TPSA) is 86.8 Å². The standard InChI is InChI=1S/C34H34Cl3N3O4S/c1-24(2)21-38-34(42)32(19-25-10-5-3-6-11-25)39(22-26-16-17-30(36)31(37)18-26)33(41)23-40(28-13-9-12-27(35)20-28)45(43,44)29-14-7-4-8-15-29/h3-18,20,24,32H,19,21-23H2,1-2H3,(H,38,42)/t32-/m1/s1. The van der Waals surface area contributed by atoms with Gasteiger partial charge in [-0.15, -0.1) is 0 Å². The quantitative estimate of drug-likeness (QED) is 0.161. The minimum atomic E-state index is -4.22. The van der Waals surface area contributed by atoms with E-state index in [9.17, 15) is 18.0 Å². The first-order valence-corrected chi connectivity index (χ1v) is 16.9. The summed E-state index contributed by atoms with van der Waals surface area (Å²) in [5.41, 5.74) is 1.66. The third kappa shape index (κ3) is 9.23. The summed E-state index contributed by atoms with van der Waals surface area (Å²) in [5.74, 6) is -0.790. The van der Waals surface area contributed by atoms with Crippen LogP contribution in [0.15, 0.2) is 108 Å². The molecule has 0 fully saturated rings. The molecule has 0 aliphatic heterocycles. The van der Waals surface area contributed by atoms with E-state index in [0.717, 1.165) is 9.87 Å². The van der Waals surface area contributed by atoms with Crippen molar-refractivity contribution in [3.63, 3.8) is 0 Å². The molecule has 4 aromatic rings. The van der Waals surface area contributed by atoms with E-state index in [2.05, 4.69) is 5.32 Å². The molecule has 0 heterocycles. The summed E-state index contributed by atoms with van der Waals surface area (Å²) in [4.78, 5) is 29.7. The number of anilines is 1. The molecular weight excluding hydrogens is 653 g/mol. The van der Waals surface area contributed by atoms with Gasteiger partial charge < -0.3 is 10.2 Å². The molecular formula is C34H34Cl3N3O4S. The molecule has 236 valence electrons. The second-order valence-electron chi connectivity index (χ2n) is 10.9. The number of halogens is 3. The van der Waals surface area contributed by atoms with Crippen LogP contribution >= 0.6 is 34.8 Å². The summed E-state index contributed by atoms with van der Waals surface area (Å²) in [7, 11) is -4.22. The van der Waals surface area contributed by atoms with Crippen molar-refractivity contribution in [1.82, 2.24) is 10.2 Å². The number of amides is 2. The zero-order valence-electron chi connectivity index (χ0n) is 24.9. The first-order chi connectivity index (χ1) is 21.5. The van der Waals surface area contributed by atoms with E-state index in [1.165, 1.54) is 23.1 Å². The molecule has 0 saturated heterocycles. The largest absolute Gasteiger partial charge is 0.354 e. The lowest BCUT2D eigenvalue weighted by molar-refractivity contribution is -0.140. The Bertz CT molecular complexity index is 1720. The minimum Gasteiger partial charge on any atom is -0.354 e. The molecule has 2 amide bonds. The molecule has 0 bridgehead atoms. The maximum Gasteiger partial charge on any atom is 0.264 e. The summed E-state index contributed by atoms with van der Waals surface area (Å²) in [5, 5.41) is 3.90. The average molecular weight is 687 g/mol. The zero-order chi connectivity index (χ0) is 32.6. The van der Waals surface area contributed by atoms with Gasteiger partial charge in [-0.05, 0) is 59.5 Å². The smallest absolute Gasteiger partial charge is 0.264 e. The highest BCUT2D eigenvalue weighted by molar-refractivity contribution is 7.92. The van der Waals surface area contributed by atoms with E-state index >= 15 is 0 Å². The van der Waals surface area contributed by atoms with Gasteiger partial charge in [-0.2, -0.15) is 0 Å². The Morgan fingerprint density at radius 3 is 2.07 bits per heavy atom. The van der Waals surface area contributed by atoms with Crippen molar-refractivity contribution < 1.29 is 18.0 Å². The van der Waals surface area contributed by atoms with Crippen molar-refractivity contribution in [3.05, 3.63) is 129 Å². The van der Waals surface area contributed by atoms with Crippen molar-refractivity contribution in [1.29, 1.82) is 0 Å². The number of sulfonamides is 1. The maximum absolute atomic E-state index is 14.5. The van der Waals surface area contributed by atoms with Crippen LogP contribution in [0, 0.1) is 5.92 Å². The summed E-state index contributed by atoms with van der Waals surface area (Å²) in [6, 6.07) is 27.4. The van der Waals surface area contributed by atoms with E-state index in [1.807, 2.05) is 44.2 Å². The predicted molar refractivity (Wildman–Crippen MR) is 181 cm³/mol. The monoisotopic (exact) mass is 685 g/mol. The maximum atomic E-state index is 14.5. The first-order valence-electron chi connectivity index (χ1n) is 14.3.